The van der Waals surface area contributed by atoms with Gasteiger partial charge in [0.15, 0.2) is 0 Å². The fourth-order valence-electron chi connectivity index (χ4n) is 2.65. The van der Waals surface area contributed by atoms with E-state index in [9.17, 15) is 5.11 Å². The monoisotopic (exact) mass is 243 g/mol. The molecule has 0 spiro atoms. The number of ether oxygens (including phenoxy) is 2. The van der Waals surface area contributed by atoms with Crippen molar-refractivity contribution in [3.05, 3.63) is 0 Å². The summed E-state index contributed by atoms with van der Waals surface area (Å²) in [7, 11) is 0. The lowest BCUT2D eigenvalue weighted by atomic mass is 10.1. The molecule has 2 N–H and O–H groups in total. The Kier molecular flexibility index (Phi) is 5.22. The van der Waals surface area contributed by atoms with Crippen LogP contribution in [0.15, 0.2) is 0 Å². The van der Waals surface area contributed by atoms with Crippen LogP contribution in [0.1, 0.15) is 39.0 Å². The molecular weight excluding hydrogens is 218 g/mol. The van der Waals surface area contributed by atoms with Crippen LogP contribution in [-0.2, 0) is 9.47 Å². The zero-order chi connectivity index (χ0) is 12.1. The Morgan fingerprint density at radius 3 is 2.76 bits per heavy atom. The van der Waals surface area contributed by atoms with E-state index in [1.54, 1.807) is 0 Å². The summed E-state index contributed by atoms with van der Waals surface area (Å²) in [5, 5.41) is 13.2. The average molecular weight is 243 g/mol. The van der Waals surface area contributed by atoms with E-state index in [1.165, 1.54) is 12.8 Å². The molecule has 1 aliphatic heterocycles. The molecule has 0 bridgehead atoms. The number of rotatable bonds is 6. The van der Waals surface area contributed by atoms with Gasteiger partial charge in [0.25, 0.3) is 0 Å². The predicted octanol–water partition coefficient (Wildman–Crippen LogP) is 1.07. The number of aliphatic hydroxyl groups excluding tert-OH is 1. The zero-order valence-corrected chi connectivity index (χ0v) is 10.7. The molecule has 1 saturated carbocycles. The van der Waals surface area contributed by atoms with Gasteiger partial charge in [0, 0.05) is 19.2 Å². The maximum Gasteiger partial charge on any atom is 0.0897 e. The fourth-order valence-corrected chi connectivity index (χ4v) is 2.65. The van der Waals surface area contributed by atoms with Gasteiger partial charge in [-0.2, -0.15) is 0 Å². The quantitative estimate of drug-likeness (QED) is 0.733. The minimum absolute atomic E-state index is 0.262. The van der Waals surface area contributed by atoms with Crippen LogP contribution < -0.4 is 5.32 Å². The van der Waals surface area contributed by atoms with E-state index in [4.69, 9.17) is 9.47 Å². The largest absolute Gasteiger partial charge is 0.389 e. The van der Waals surface area contributed by atoms with Gasteiger partial charge in [-0.05, 0) is 26.2 Å². The number of nitrogens with one attached hydrogen (secondary N) is 1. The fraction of sp³-hybridized carbons (Fsp3) is 1.00. The van der Waals surface area contributed by atoms with Crippen LogP contribution in [0, 0.1) is 0 Å². The second-order valence-electron chi connectivity index (χ2n) is 5.27. The number of hydrogen-bond acceptors (Lipinski definition) is 4. The smallest absolute Gasteiger partial charge is 0.0897 e. The molecule has 0 aromatic rings. The lowest BCUT2D eigenvalue weighted by Gasteiger charge is -2.20. The molecule has 2 fully saturated rings. The summed E-state index contributed by atoms with van der Waals surface area (Å²) in [6.07, 6.45) is 6.16. The maximum absolute atomic E-state index is 9.83. The SMILES string of the molecule is CC1OCCC1NCC(O)COC1CCCC1. The highest BCUT2D eigenvalue weighted by Gasteiger charge is 2.24. The molecule has 0 aromatic carbocycles. The topological polar surface area (TPSA) is 50.7 Å². The Bertz CT molecular complexity index is 219. The lowest BCUT2D eigenvalue weighted by molar-refractivity contribution is -0.00704. The second-order valence-corrected chi connectivity index (χ2v) is 5.27. The van der Waals surface area contributed by atoms with Crippen molar-refractivity contribution in [3.63, 3.8) is 0 Å². The van der Waals surface area contributed by atoms with Crippen LogP contribution in [0.4, 0.5) is 0 Å². The van der Waals surface area contributed by atoms with Gasteiger partial charge < -0.3 is 19.9 Å². The van der Waals surface area contributed by atoms with Crippen molar-refractivity contribution in [2.24, 2.45) is 0 Å². The third-order valence-corrected chi connectivity index (χ3v) is 3.82. The Hall–Kier alpha value is -0.160. The molecule has 3 unspecified atom stereocenters. The molecule has 1 aliphatic carbocycles. The van der Waals surface area contributed by atoms with Crippen molar-refractivity contribution in [1.82, 2.24) is 5.32 Å². The van der Waals surface area contributed by atoms with E-state index in [2.05, 4.69) is 12.2 Å². The van der Waals surface area contributed by atoms with E-state index in [-0.39, 0.29) is 6.10 Å². The molecule has 2 rings (SSSR count). The first kappa shape index (κ1) is 13.3. The maximum atomic E-state index is 9.83. The summed E-state index contributed by atoms with van der Waals surface area (Å²) < 4.78 is 11.1. The van der Waals surface area contributed by atoms with Crippen LogP contribution in [0.25, 0.3) is 0 Å². The molecule has 3 atom stereocenters. The first-order chi connectivity index (χ1) is 8.25. The molecule has 100 valence electrons. The van der Waals surface area contributed by atoms with Gasteiger partial charge in [0.1, 0.15) is 0 Å². The molecule has 1 saturated heterocycles. The van der Waals surface area contributed by atoms with Gasteiger partial charge in [-0.1, -0.05) is 12.8 Å². The van der Waals surface area contributed by atoms with Crippen molar-refractivity contribution < 1.29 is 14.6 Å². The van der Waals surface area contributed by atoms with Crippen molar-refractivity contribution >= 4 is 0 Å². The van der Waals surface area contributed by atoms with E-state index in [1.807, 2.05) is 0 Å². The van der Waals surface area contributed by atoms with Gasteiger partial charge in [-0.25, -0.2) is 0 Å². The molecule has 0 amide bonds. The molecule has 1 heterocycles. The van der Waals surface area contributed by atoms with E-state index in [0.29, 0.717) is 25.3 Å². The Morgan fingerprint density at radius 1 is 1.35 bits per heavy atom. The predicted molar refractivity (Wildman–Crippen MR) is 66.0 cm³/mol. The van der Waals surface area contributed by atoms with Gasteiger partial charge in [0.2, 0.25) is 0 Å². The minimum atomic E-state index is -0.400. The van der Waals surface area contributed by atoms with E-state index >= 15 is 0 Å². The molecular formula is C13H25NO3. The Labute approximate surface area is 104 Å². The van der Waals surface area contributed by atoms with Crippen molar-refractivity contribution in [2.45, 2.75) is 63.4 Å². The van der Waals surface area contributed by atoms with Crippen molar-refractivity contribution in [2.75, 3.05) is 19.8 Å². The van der Waals surface area contributed by atoms with Gasteiger partial charge in [0.05, 0.1) is 24.9 Å². The number of hydrogen-bond donors (Lipinski definition) is 2. The highest BCUT2D eigenvalue weighted by atomic mass is 16.5. The molecule has 4 nitrogen and oxygen atoms in total. The normalized spacial score (nSPS) is 32.1. The third-order valence-electron chi connectivity index (χ3n) is 3.82. The van der Waals surface area contributed by atoms with Gasteiger partial charge in [-0.3, -0.25) is 0 Å². The van der Waals surface area contributed by atoms with E-state index < -0.39 is 6.10 Å². The summed E-state index contributed by atoms with van der Waals surface area (Å²) >= 11 is 0. The average Bonchev–Trinajstić information content (AvgIpc) is 2.95. The summed E-state index contributed by atoms with van der Waals surface area (Å²) in [6, 6.07) is 0.385. The Morgan fingerprint density at radius 2 is 2.12 bits per heavy atom. The molecule has 0 radical (unpaired) electrons. The summed E-state index contributed by atoms with van der Waals surface area (Å²) in [5.41, 5.74) is 0. The molecule has 2 aliphatic rings. The highest BCUT2D eigenvalue weighted by molar-refractivity contribution is 4.80. The first-order valence-corrected chi connectivity index (χ1v) is 6.90. The van der Waals surface area contributed by atoms with Crippen LogP contribution in [0.5, 0.6) is 0 Å². The van der Waals surface area contributed by atoms with Crippen LogP contribution in [-0.4, -0.2) is 49.2 Å². The van der Waals surface area contributed by atoms with Crippen molar-refractivity contribution in [3.8, 4) is 0 Å². The van der Waals surface area contributed by atoms with E-state index in [0.717, 1.165) is 25.9 Å². The zero-order valence-electron chi connectivity index (χ0n) is 10.7. The lowest BCUT2D eigenvalue weighted by Crippen LogP contribution is -2.41. The third kappa shape index (κ3) is 4.21. The first-order valence-electron chi connectivity index (χ1n) is 6.90. The minimum Gasteiger partial charge on any atom is -0.389 e. The second kappa shape index (κ2) is 6.69. The summed E-state index contributed by atoms with van der Waals surface area (Å²) in [4.78, 5) is 0. The Balaban J connectivity index is 1.55. The summed E-state index contributed by atoms with van der Waals surface area (Å²) in [6.45, 7) is 3.96. The van der Waals surface area contributed by atoms with Crippen molar-refractivity contribution in [1.29, 1.82) is 0 Å². The van der Waals surface area contributed by atoms with Crippen LogP contribution >= 0.6 is 0 Å². The van der Waals surface area contributed by atoms with Crippen LogP contribution in [0.2, 0.25) is 0 Å². The molecule has 0 aromatic heterocycles. The van der Waals surface area contributed by atoms with Gasteiger partial charge in [-0.15, -0.1) is 0 Å². The molecule has 17 heavy (non-hydrogen) atoms. The molecule has 4 heteroatoms. The van der Waals surface area contributed by atoms with Crippen LogP contribution in [0.3, 0.4) is 0 Å². The van der Waals surface area contributed by atoms with Gasteiger partial charge >= 0.3 is 0 Å². The standard InChI is InChI=1S/C13H25NO3/c1-10-13(6-7-16-10)14-8-11(15)9-17-12-4-2-3-5-12/h10-15H,2-9H2,1H3. The highest BCUT2D eigenvalue weighted by Crippen LogP contribution is 2.20. The number of aliphatic hydroxyl groups is 1. The summed E-state index contributed by atoms with van der Waals surface area (Å²) in [5.74, 6) is 0.